The molecule has 0 spiro atoms. The zero-order valence-corrected chi connectivity index (χ0v) is 18.1. The number of rotatable bonds is 6. The van der Waals surface area contributed by atoms with Crippen LogP contribution < -0.4 is 20.1 Å². The molecule has 0 bridgehead atoms. The molecule has 8 nitrogen and oxygen atoms in total. The highest BCUT2D eigenvalue weighted by atomic mass is 16.5. The number of ether oxygens (including phenoxy) is 3. The summed E-state index contributed by atoms with van der Waals surface area (Å²) in [4.78, 5) is 38.1. The largest absolute Gasteiger partial charge is 0.497 e. The van der Waals surface area contributed by atoms with Gasteiger partial charge in [-0.25, -0.2) is 4.79 Å². The number of anilines is 2. The van der Waals surface area contributed by atoms with E-state index in [-0.39, 0.29) is 12.0 Å². The summed E-state index contributed by atoms with van der Waals surface area (Å²) in [5.74, 6) is -0.492. The SMILES string of the molecule is COc1ccc(NC(=O)c2ccccc2NC(=O)[C@H]2Cc3ccccc3C(=O)O2)c(OC)c1. The fourth-order valence-corrected chi connectivity index (χ4v) is 3.57. The van der Waals surface area contributed by atoms with E-state index in [9.17, 15) is 14.4 Å². The van der Waals surface area contributed by atoms with Gasteiger partial charge >= 0.3 is 5.97 Å². The summed E-state index contributed by atoms with van der Waals surface area (Å²) in [7, 11) is 3.02. The molecule has 2 N–H and O–H groups in total. The standard InChI is InChI=1S/C25H22N2O6/c1-31-16-11-12-20(21(14-16)32-2)27-23(28)18-9-5-6-10-19(18)26-24(29)22-13-15-7-3-4-8-17(15)25(30)33-22/h3-12,14,22H,13H2,1-2H3,(H,26,29)(H,27,28)/t22-/m1/s1. The summed E-state index contributed by atoms with van der Waals surface area (Å²) in [5, 5.41) is 5.50. The second-order valence-corrected chi connectivity index (χ2v) is 7.31. The van der Waals surface area contributed by atoms with Gasteiger partial charge in [0, 0.05) is 12.5 Å². The first-order valence-corrected chi connectivity index (χ1v) is 10.2. The van der Waals surface area contributed by atoms with Crippen LogP contribution in [-0.4, -0.2) is 38.1 Å². The Morgan fingerprint density at radius 1 is 0.909 bits per heavy atom. The first-order chi connectivity index (χ1) is 16.0. The monoisotopic (exact) mass is 446 g/mol. The van der Waals surface area contributed by atoms with Crippen molar-refractivity contribution in [3.05, 3.63) is 83.4 Å². The first-order valence-electron chi connectivity index (χ1n) is 10.2. The van der Waals surface area contributed by atoms with Crippen LogP contribution in [-0.2, 0) is 16.0 Å². The highest BCUT2D eigenvalue weighted by Gasteiger charge is 2.31. The van der Waals surface area contributed by atoms with E-state index in [0.717, 1.165) is 5.56 Å². The van der Waals surface area contributed by atoms with E-state index in [1.54, 1.807) is 66.7 Å². The molecule has 3 aromatic rings. The molecule has 4 rings (SSSR count). The van der Waals surface area contributed by atoms with Crippen LogP contribution in [0.1, 0.15) is 26.3 Å². The lowest BCUT2D eigenvalue weighted by molar-refractivity contribution is -0.125. The predicted octanol–water partition coefficient (Wildman–Crippen LogP) is 3.68. The molecule has 0 saturated heterocycles. The van der Waals surface area contributed by atoms with E-state index in [4.69, 9.17) is 14.2 Å². The van der Waals surface area contributed by atoms with Gasteiger partial charge in [0.2, 0.25) is 0 Å². The molecule has 8 heteroatoms. The number of benzene rings is 3. The number of methoxy groups -OCH3 is 2. The molecule has 3 aromatic carbocycles. The van der Waals surface area contributed by atoms with Crippen LogP contribution in [0.3, 0.4) is 0 Å². The second-order valence-electron chi connectivity index (χ2n) is 7.31. The Kier molecular flexibility index (Phi) is 6.26. The average molecular weight is 446 g/mol. The normalized spacial score (nSPS) is 14.5. The third kappa shape index (κ3) is 4.64. The molecule has 0 unspecified atom stereocenters. The average Bonchev–Trinajstić information content (AvgIpc) is 2.84. The Balaban J connectivity index is 1.52. The molecule has 0 fully saturated rings. The Bertz CT molecular complexity index is 1220. The number of para-hydroxylation sites is 1. The van der Waals surface area contributed by atoms with Crippen molar-refractivity contribution in [3.8, 4) is 11.5 Å². The summed E-state index contributed by atoms with van der Waals surface area (Å²) in [6, 6.07) is 18.6. The van der Waals surface area contributed by atoms with E-state index in [0.29, 0.717) is 28.4 Å². The Labute approximate surface area is 190 Å². The molecule has 1 aliphatic heterocycles. The lowest BCUT2D eigenvalue weighted by Crippen LogP contribution is -2.38. The van der Waals surface area contributed by atoms with Crippen molar-refractivity contribution in [3.63, 3.8) is 0 Å². The van der Waals surface area contributed by atoms with Crippen molar-refractivity contribution < 1.29 is 28.6 Å². The van der Waals surface area contributed by atoms with Gasteiger partial charge in [-0.2, -0.15) is 0 Å². The number of carbonyl (C=O) groups excluding carboxylic acids is 3. The topological polar surface area (TPSA) is 103 Å². The van der Waals surface area contributed by atoms with Crippen LogP contribution in [0.2, 0.25) is 0 Å². The predicted molar refractivity (Wildman–Crippen MR) is 122 cm³/mol. The molecule has 0 aliphatic carbocycles. The first kappa shape index (κ1) is 21.9. The van der Waals surface area contributed by atoms with Gasteiger partial charge in [-0.3, -0.25) is 9.59 Å². The molecule has 2 amide bonds. The zero-order valence-electron chi connectivity index (χ0n) is 18.1. The summed E-state index contributed by atoms with van der Waals surface area (Å²) in [6.07, 6.45) is -0.740. The van der Waals surface area contributed by atoms with Gasteiger partial charge in [0.15, 0.2) is 6.10 Å². The second kappa shape index (κ2) is 9.44. The van der Waals surface area contributed by atoms with E-state index in [2.05, 4.69) is 10.6 Å². The number of cyclic esters (lactones) is 1. The molecule has 0 aromatic heterocycles. The van der Waals surface area contributed by atoms with Gasteiger partial charge < -0.3 is 24.8 Å². The van der Waals surface area contributed by atoms with Crippen LogP contribution >= 0.6 is 0 Å². The maximum Gasteiger partial charge on any atom is 0.339 e. The van der Waals surface area contributed by atoms with E-state index in [1.807, 2.05) is 0 Å². The fraction of sp³-hybridized carbons (Fsp3) is 0.160. The van der Waals surface area contributed by atoms with Crippen LogP contribution in [0.4, 0.5) is 11.4 Å². The van der Waals surface area contributed by atoms with Crippen molar-refractivity contribution in [1.29, 1.82) is 0 Å². The number of carbonyl (C=O) groups is 3. The molecule has 168 valence electrons. The van der Waals surface area contributed by atoms with E-state index >= 15 is 0 Å². The maximum absolute atomic E-state index is 13.0. The minimum Gasteiger partial charge on any atom is -0.497 e. The number of hydrogen-bond donors (Lipinski definition) is 2. The molecular formula is C25H22N2O6. The molecule has 1 atom stereocenters. The van der Waals surface area contributed by atoms with Gasteiger partial charge in [0.25, 0.3) is 11.8 Å². The number of amides is 2. The van der Waals surface area contributed by atoms with Gasteiger partial charge in [-0.05, 0) is 35.9 Å². The van der Waals surface area contributed by atoms with Crippen LogP contribution in [0, 0.1) is 0 Å². The van der Waals surface area contributed by atoms with Crippen LogP contribution in [0.5, 0.6) is 11.5 Å². The quantitative estimate of drug-likeness (QED) is 0.560. The summed E-state index contributed by atoms with van der Waals surface area (Å²) in [5.41, 5.74) is 2.18. The minimum atomic E-state index is -0.995. The van der Waals surface area contributed by atoms with Crippen molar-refractivity contribution in [2.45, 2.75) is 12.5 Å². The van der Waals surface area contributed by atoms with Crippen LogP contribution in [0.25, 0.3) is 0 Å². The van der Waals surface area contributed by atoms with Crippen LogP contribution in [0.15, 0.2) is 66.7 Å². The third-order valence-corrected chi connectivity index (χ3v) is 5.27. The van der Waals surface area contributed by atoms with Crippen molar-refractivity contribution in [2.24, 2.45) is 0 Å². The molecular weight excluding hydrogens is 424 g/mol. The minimum absolute atomic E-state index is 0.242. The lowest BCUT2D eigenvalue weighted by atomic mass is 9.98. The van der Waals surface area contributed by atoms with E-state index < -0.39 is 23.9 Å². The number of nitrogens with one attached hydrogen (secondary N) is 2. The highest BCUT2D eigenvalue weighted by molar-refractivity contribution is 6.11. The van der Waals surface area contributed by atoms with Crippen molar-refractivity contribution in [2.75, 3.05) is 24.9 Å². The summed E-state index contributed by atoms with van der Waals surface area (Å²) < 4.78 is 15.8. The van der Waals surface area contributed by atoms with Crippen molar-refractivity contribution >= 4 is 29.2 Å². The lowest BCUT2D eigenvalue weighted by Gasteiger charge is -2.24. The Hall–Kier alpha value is -4.33. The van der Waals surface area contributed by atoms with Gasteiger partial charge in [0.05, 0.1) is 36.7 Å². The number of hydrogen-bond acceptors (Lipinski definition) is 6. The molecule has 1 heterocycles. The molecule has 0 radical (unpaired) electrons. The number of esters is 1. The summed E-state index contributed by atoms with van der Waals surface area (Å²) in [6.45, 7) is 0. The van der Waals surface area contributed by atoms with E-state index in [1.165, 1.54) is 14.2 Å². The number of fused-ring (bicyclic) bond motifs is 1. The molecule has 33 heavy (non-hydrogen) atoms. The fourth-order valence-electron chi connectivity index (χ4n) is 3.57. The zero-order chi connectivity index (χ0) is 23.4. The maximum atomic E-state index is 13.0. The van der Waals surface area contributed by atoms with Gasteiger partial charge in [-0.1, -0.05) is 30.3 Å². The molecule has 1 aliphatic rings. The van der Waals surface area contributed by atoms with Gasteiger partial charge in [-0.15, -0.1) is 0 Å². The molecule has 0 saturated carbocycles. The van der Waals surface area contributed by atoms with Crippen molar-refractivity contribution in [1.82, 2.24) is 0 Å². The Morgan fingerprint density at radius 3 is 2.45 bits per heavy atom. The smallest absolute Gasteiger partial charge is 0.339 e. The summed E-state index contributed by atoms with van der Waals surface area (Å²) >= 11 is 0. The Morgan fingerprint density at radius 2 is 1.67 bits per heavy atom. The third-order valence-electron chi connectivity index (χ3n) is 5.27. The van der Waals surface area contributed by atoms with Gasteiger partial charge in [0.1, 0.15) is 11.5 Å². The highest BCUT2D eigenvalue weighted by Crippen LogP contribution is 2.30.